The molecule has 0 spiro atoms. The van der Waals surface area contributed by atoms with E-state index in [0.717, 1.165) is 35.7 Å². The second-order valence-corrected chi connectivity index (χ2v) is 13.4. The van der Waals surface area contributed by atoms with Crippen LogP contribution in [0.5, 0.6) is 5.75 Å². The van der Waals surface area contributed by atoms with Crippen molar-refractivity contribution in [3.8, 4) is 5.75 Å². The highest BCUT2D eigenvalue weighted by Gasteiger charge is 2.50. The molecule has 5 atom stereocenters. The van der Waals surface area contributed by atoms with Crippen molar-refractivity contribution in [2.75, 3.05) is 20.3 Å². The lowest BCUT2D eigenvalue weighted by Crippen LogP contribution is -2.53. The van der Waals surface area contributed by atoms with Crippen LogP contribution in [0.1, 0.15) is 62.0 Å². The number of carbonyl (C=O) groups excluding carboxylic acids is 4. The first kappa shape index (κ1) is 30.8. The topological polar surface area (TPSA) is 130 Å². The summed E-state index contributed by atoms with van der Waals surface area (Å²) in [7, 11) is 1.59. The molecule has 3 N–H and O–H groups in total. The van der Waals surface area contributed by atoms with E-state index in [0.29, 0.717) is 24.4 Å². The Morgan fingerprint density at radius 1 is 1.09 bits per heavy atom. The van der Waals surface area contributed by atoms with Gasteiger partial charge in [0, 0.05) is 28.9 Å². The standard InChI is InChI=1S/C35H42N4O6/c1-35(2)17-23(32(41)38-35)15-27(29(40)20-45-19-21-9-5-4-6-10-21)37-33(42)31-24-12-7-11-22(24)18-39(31)34(43)28-16-25-26(36-28)13-8-14-30(25)44-3/h4-6,8-10,13-14,16,22-24,27,31,36H,7,11-12,15,17-20H2,1-3H3,(H,37,42)(H,38,41)/t22-,23-,24-,27-,31-/m0/s1. The van der Waals surface area contributed by atoms with Crippen molar-refractivity contribution < 1.29 is 28.7 Å². The van der Waals surface area contributed by atoms with Crippen LogP contribution in [-0.2, 0) is 25.7 Å². The Bertz CT molecular complexity index is 1580. The molecule has 2 aromatic carbocycles. The summed E-state index contributed by atoms with van der Waals surface area (Å²) in [4.78, 5) is 59.5. The third-order valence-corrected chi connectivity index (χ3v) is 9.66. The van der Waals surface area contributed by atoms with Crippen LogP contribution < -0.4 is 15.4 Å². The Labute approximate surface area is 263 Å². The number of nitrogens with zero attached hydrogens (tertiary/aromatic N) is 1. The summed E-state index contributed by atoms with van der Waals surface area (Å²) in [5, 5.41) is 6.79. The number of H-pyrrole nitrogens is 1. The summed E-state index contributed by atoms with van der Waals surface area (Å²) in [5.41, 5.74) is 1.71. The van der Waals surface area contributed by atoms with Gasteiger partial charge in [-0.2, -0.15) is 0 Å². The van der Waals surface area contributed by atoms with Crippen molar-refractivity contribution in [3.63, 3.8) is 0 Å². The predicted octanol–water partition coefficient (Wildman–Crippen LogP) is 3.99. The molecule has 1 aromatic heterocycles. The monoisotopic (exact) mass is 614 g/mol. The van der Waals surface area contributed by atoms with Crippen molar-refractivity contribution in [1.82, 2.24) is 20.5 Å². The van der Waals surface area contributed by atoms with Crippen LogP contribution in [-0.4, -0.2) is 71.3 Å². The number of rotatable bonds is 11. The van der Waals surface area contributed by atoms with E-state index < -0.39 is 23.5 Å². The highest BCUT2D eigenvalue weighted by molar-refractivity contribution is 6.02. The van der Waals surface area contributed by atoms with Crippen molar-refractivity contribution in [1.29, 1.82) is 0 Å². The van der Waals surface area contributed by atoms with E-state index in [2.05, 4.69) is 15.6 Å². The molecule has 0 radical (unpaired) electrons. The molecule has 6 rings (SSSR count). The highest BCUT2D eigenvalue weighted by Crippen LogP contribution is 2.43. The van der Waals surface area contributed by atoms with Crippen LogP contribution in [0.25, 0.3) is 10.9 Å². The number of likely N-dealkylation sites (tertiary alicyclic amines) is 1. The van der Waals surface area contributed by atoms with Crippen molar-refractivity contribution in [3.05, 3.63) is 65.9 Å². The number of hydrogen-bond acceptors (Lipinski definition) is 6. The second-order valence-electron chi connectivity index (χ2n) is 13.4. The van der Waals surface area contributed by atoms with Crippen LogP contribution >= 0.6 is 0 Å². The molecular weight excluding hydrogens is 572 g/mol. The zero-order chi connectivity index (χ0) is 31.7. The summed E-state index contributed by atoms with van der Waals surface area (Å²) in [6, 6.07) is 15.3. The van der Waals surface area contributed by atoms with Gasteiger partial charge in [-0.05, 0) is 75.1 Å². The van der Waals surface area contributed by atoms with Gasteiger partial charge in [0.1, 0.15) is 24.1 Å². The van der Waals surface area contributed by atoms with Crippen LogP contribution in [0, 0.1) is 17.8 Å². The molecule has 3 heterocycles. The van der Waals surface area contributed by atoms with Crippen molar-refractivity contribution >= 4 is 34.4 Å². The molecule has 2 saturated heterocycles. The van der Waals surface area contributed by atoms with E-state index in [1.54, 1.807) is 18.1 Å². The van der Waals surface area contributed by atoms with E-state index in [-0.39, 0.29) is 55.0 Å². The minimum absolute atomic E-state index is 0.00617. The molecule has 45 heavy (non-hydrogen) atoms. The zero-order valence-corrected chi connectivity index (χ0v) is 26.1. The average Bonchev–Trinajstić information content (AvgIpc) is 3.78. The first-order valence-corrected chi connectivity index (χ1v) is 15.9. The second kappa shape index (κ2) is 12.7. The molecule has 3 fully saturated rings. The number of amides is 3. The van der Waals surface area contributed by atoms with E-state index in [9.17, 15) is 19.2 Å². The van der Waals surface area contributed by atoms with Gasteiger partial charge in [-0.1, -0.05) is 42.8 Å². The summed E-state index contributed by atoms with van der Waals surface area (Å²) in [5.74, 6) is -0.576. The number of Topliss-reactive ketones (excluding diaryl/α,β-unsaturated/α-hetero) is 1. The Kier molecular flexibility index (Phi) is 8.68. The number of fused-ring (bicyclic) bond motifs is 2. The summed E-state index contributed by atoms with van der Waals surface area (Å²) in [6.45, 7) is 4.43. The molecule has 0 unspecified atom stereocenters. The molecule has 1 aliphatic carbocycles. The number of benzene rings is 2. The maximum atomic E-state index is 14.2. The van der Waals surface area contributed by atoms with Crippen LogP contribution in [0.4, 0.5) is 0 Å². The number of ether oxygens (including phenoxy) is 2. The molecule has 1 saturated carbocycles. The normalized spacial score (nSPS) is 24.3. The van der Waals surface area contributed by atoms with Crippen LogP contribution in [0.15, 0.2) is 54.6 Å². The molecule has 3 aliphatic rings. The van der Waals surface area contributed by atoms with Gasteiger partial charge in [-0.3, -0.25) is 19.2 Å². The molecule has 3 amide bonds. The number of aromatic amines is 1. The zero-order valence-electron chi connectivity index (χ0n) is 26.1. The Morgan fingerprint density at radius 3 is 2.62 bits per heavy atom. The average molecular weight is 615 g/mol. The summed E-state index contributed by atoms with van der Waals surface area (Å²) < 4.78 is 11.2. The van der Waals surface area contributed by atoms with E-state index in [4.69, 9.17) is 9.47 Å². The minimum atomic E-state index is -0.923. The van der Waals surface area contributed by atoms with Gasteiger partial charge in [-0.25, -0.2) is 0 Å². The van der Waals surface area contributed by atoms with Crippen molar-refractivity contribution in [2.24, 2.45) is 17.8 Å². The first-order chi connectivity index (χ1) is 21.6. The lowest BCUT2D eigenvalue weighted by Gasteiger charge is -2.29. The Balaban J connectivity index is 1.22. The molecule has 3 aromatic rings. The minimum Gasteiger partial charge on any atom is -0.496 e. The van der Waals surface area contributed by atoms with Gasteiger partial charge in [0.15, 0.2) is 5.78 Å². The number of methoxy groups -OCH3 is 1. The lowest BCUT2D eigenvalue weighted by atomic mass is 9.89. The SMILES string of the molecule is COc1cccc2[nH]c(C(=O)N3C[C@@H]4CCC[C@@H]4[C@H]3C(=O)N[C@@H](C[C@H]3CC(C)(C)NC3=O)C(=O)COCc3ccccc3)cc12. The third-order valence-electron chi connectivity index (χ3n) is 9.66. The fourth-order valence-corrected chi connectivity index (χ4v) is 7.57. The molecule has 0 bridgehead atoms. The third kappa shape index (κ3) is 6.47. The number of carbonyl (C=O) groups is 4. The molecular formula is C35H42N4O6. The quantitative estimate of drug-likeness (QED) is 0.300. The number of hydrogen-bond donors (Lipinski definition) is 3. The summed E-state index contributed by atoms with van der Waals surface area (Å²) in [6.07, 6.45) is 3.51. The molecule has 10 heteroatoms. The van der Waals surface area contributed by atoms with Gasteiger partial charge in [-0.15, -0.1) is 0 Å². The number of nitrogens with one attached hydrogen (secondary N) is 3. The van der Waals surface area contributed by atoms with Gasteiger partial charge < -0.3 is 30.0 Å². The Morgan fingerprint density at radius 2 is 1.89 bits per heavy atom. The summed E-state index contributed by atoms with van der Waals surface area (Å²) >= 11 is 0. The first-order valence-electron chi connectivity index (χ1n) is 15.9. The number of aromatic nitrogens is 1. The van der Waals surface area contributed by atoms with Crippen molar-refractivity contribution in [2.45, 2.75) is 70.2 Å². The highest BCUT2D eigenvalue weighted by atomic mass is 16.5. The van der Waals surface area contributed by atoms with Crippen LogP contribution in [0.2, 0.25) is 0 Å². The lowest BCUT2D eigenvalue weighted by molar-refractivity contribution is -0.134. The van der Waals surface area contributed by atoms with E-state index >= 15 is 0 Å². The molecule has 2 aliphatic heterocycles. The van der Waals surface area contributed by atoms with E-state index in [1.807, 2.05) is 62.4 Å². The number of ketones is 1. The van der Waals surface area contributed by atoms with E-state index in [1.165, 1.54) is 0 Å². The fraction of sp³-hybridized carbons (Fsp3) is 0.486. The maximum Gasteiger partial charge on any atom is 0.271 e. The molecule has 238 valence electrons. The largest absolute Gasteiger partial charge is 0.496 e. The smallest absolute Gasteiger partial charge is 0.271 e. The predicted molar refractivity (Wildman–Crippen MR) is 168 cm³/mol. The van der Waals surface area contributed by atoms with Crippen LogP contribution in [0.3, 0.4) is 0 Å². The van der Waals surface area contributed by atoms with Gasteiger partial charge in [0.2, 0.25) is 11.8 Å². The molecule has 10 nitrogen and oxygen atoms in total. The van der Waals surface area contributed by atoms with Gasteiger partial charge in [0.05, 0.1) is 19.8 Å². The van der Waals surface area contributed by atoms with Gasteiger partial charge in [0.25, 0.3) is 5.91 Å². The maximum absolute atomic E-state index is 14.2. The van der Waals surface area contributed by atoms with Gasteiger partial charge >= 0.3 is 0 Å². The Hall–Kier alpha value is -4.18. The fourth-order valence-electron chi connectivity index (χ4n) is 7.57.